The third-order valence-electron chi connectivity index (χ3n) is 4.11. The van der Waals surface area contributed by atoms with E-state index in [9.17, 15) is 9.59 Å². The number of aromatic nitrogens is 1. The first-order valence-electron chi connectivity index (χ1n) is 8.52. The Balaban J connectivity index is 1.47. The summed E-state index contributed by atoms with van der Waals surface area (Å²) in [6, 6.07) is 7.22. The molecule has 2 N–H and O–H groups in total. The van der Waals surface area contributed by atoms with Gasteiger partial charge in [0.05, 0.1) is 15.2 Å². The molecule has 8 heteroatoms. The van der Waals surface area contributed by atoms with Crippen molar-refractivity contribution in [3.63, 3.8) is 0 Å². The number of hydrogen-bond acceptors (Lipinski definition) is 5. The van der Waals surface area contributed by atoms with Crippen LogP contribution in [0.2, 0.25) is 0 Å². The molecule has 0 bridgehead atoms. The molecule has 3 rings (SSSR count). The average molecular weight is 438 g/mol. The van der Waals surface area contributed by atoms with E-state index in [4.69, 9.17) is 4.74 Å². The zero-order valence-corrected chi connectivity index (χ0v) is 16.6. The summed E-state index contributed by atoms with van der Waals surface area (Å²) in [6.07, 6.45) is 6.37. The highest BCUT2D eigenvalue weighted by molar-refractivity contribution is 9.11. The zero-order chi connectivity index (χ0) is 18.4. The predicted octanol–water partition coefficient (Wildman–Crippen LogP) is 3.27. The highest BCUT2D eigenvalue weighted by Gasteiger charge is 2.18. The lowest BCUT2D eigenvalue weighted by Gasteiger charge is -2.15. The minimum absolute atomic E-state index is 0.0760. The summed E-state index contributed by atoms with van der Waals surface area (Å²) < 4.78 is 6.84. The summed E-state index contributed by atoms with van der Waals surface area (Å²) in [5, 5.41) is 5.41. The Bertz CT molecular complexity index is 775. The normalized spacial score (nSPS) is 14.2. The quantitative estimate of drug-likeness (QED) is 0.696. The van der Waals surface area contributed by atoms with Crippen molar-refractivity contribution >= 4 is 39.1 Å². The Morgan fingerprint density at radius 1 is 1.23 bits per heavy atom. The summed E-state index contributed by atoms with van der Waals surface area (Å²) in [4.78, 5) is 28.8. The minimum Gasteiger partial charge on any atom is -0.474 e. The molecule has 0 aliphatic heterocycles. The van der Waals surface area contributed by atoms with E-state index >= 15 is 0 Å². The van der Waals surface area contributed by atoms with E-state index in [0.29, 0.717) is 17.3 Å². The fourth-order valence-electron chi connectivity index (χ4n) is 2.77. The molecule has 0 saturated heterocycles. The monoisotopic (exact) mass is 437 g/mol. The summed E-state index contributed by atoms with van der Waals surface area (Å²) in [7, 11) is 0. The van der Waals surface area contributed by atoms with Gasteiger partial charge in [-0.1, -0.05) is 6.07 Å². The van der Waals surface area contributed by atoms with Crippen molar-refractivity contribution in [3.05, 3.63) is 44.7 Å². The Labute approximate surface area is 164 Å². The molecule has 138 valence electrons. The first-order valence-corrected chi connectivity index (χ1v) is 10.1. The van der Waals surface area contributed by atoms with Gasteiger partial charge in [0.2, 0.25) is 11.8 Å². The van der Waals surface area contributed by atoms with Gasteiger partial charge in [-0.2, -0.15) is 0 Å². The van der Waals surface area contributed by atoms with Gasteiger partial charge in [-0.3, -0.25) is 9.59 Å². The van der Waals surface area contributed by atoms with Gasteiger partial charge in [0.15, 0.2) is 0 Å². The van der Waals surface area contributed by atoms with Crippen LogP contribution < -0.4 is 15.4 Å². The molecule has 2 heterocycles. The lowest BCUT2D eigenvalue weighted by atomic mass is 10.2. The van der Waals surface area contributed by atoms with Crippen LogP contribution in [0.3, 0.4) is 0 Å². The van der Waals surface area contributed by atoms with Gasteiger partial charge in [0.1, 0.15) is 6.10 Å². The molecule has 2 aromatic rings. The second-order valence-electron chi connectivity index (χ2n) is 6.06. The maximum Gasteiger partial charge on any atom is 0.261 e. The lowest BCUT2D eigenvalue weighted by molar-refractivity contribution is -0.120. The Hall–Kier alpha value is -1.93. The van der Waals surface area contributed by atoms with Crippen molar-refractivity contribution < 1.29 is 14.3 Å². The molecule has 2 amide bonds. The highest BCUT2D eigenvalue weighted by atomic mass is 79.9. The maximum absolute atomic E-state index is 12.0. The van der Waals surface area contributed by atoms with Crippen LogP contribution in [0.25, 0.3) is 0 Å². The average Bonchev–Trinajstić information content (AvgIpc) is 3.30. The van der Waals surface area contributed by atoms with Crippen LogP contribution in [0.4, 0.5) is 0 Å². The van der Waals surface area contributed by atoms with Crippen LogP contribution in [0.1, 0.15) is 40.9 Å². The molecule has 1 saturated carbocycles. The molecule has 0 radical (unpaired) electrons. The van der Waals surface area contributed by atoms with Crippen LogP contribution in [0.15, 0.2) is 34.2 Å². The smallest absolute Gasteiger partial charge is 0.261 e. The SMILES string of the molecule is O=C(CNC(=O)c1ccc(Br)s1)NCc1cccnc1OC1CCCC1. The number of hydrogen-bond donors (Lipinski definition) is 2. The van der Waals surface area contributed by atoms with Gasteiger partial charge in [-0.25, -0.2) is 4.98 Å². The number of carbonyl (C=O) groups is 2. The van der Waals surface area contributed by atoms with Gasteiger partial charge in [-0.15, -0.1) is 11.3 Å². The van der Waals surface area contributed by atoms with Gasteiger partial charge in [0.25, 0.3) is 5.91 Å². The van der Waals surface area contributed by atoms with Crippen molar-refractivity contribution in [3.8, 4) is 5.88 Å². The maximum atomic E-state index is 12.0. The summed E-state index contributed by atoms with van der Waals surface area (Å²) in [6.45, 7) is 0.239. The molecular formula is C18H20BrN3O3S. The number of thiophene rings is 1. The predicted molar refractivity (Wildman–Crippen MR) is 103 cm³/mol. The number of rotatable bonds is 7. The number of halogens is 1. The van der Waals surface area contributed by atoms with E-state index in [1.165, 1.54) is 24.2 Å². The topological polar surface area (TPSA) is 80.3 Å². The van der Waals surface area contributed by atoms with Crippen molar-refractivity contribution in [1.29, 1.82) is 0 Å². The van der Waals surface area contributed by atoms with Crippen molar-refractivity contribution in [2.24, 2.45) is 0 Å². The molecular weight excluding hydrogens is 418 g/mol. The van der Waals surface area contributed by atoms with Crippen LogP contribution >= 0.6 is 27.3 Å². The van der Waals surface area contributed by atoms with Gasteiger partial charge < -0.3 is 15.4 Å². The second-order valence-corrected chi connectivity index (χ2v) is 8.52. The number of nitrogens with one attached hydrogen (secondary N) is 2. The summed E-state index contributed by atoms with van der Waals surface area (Å²) in [5.41, 5.74) is 0.835. The molecule has 1 aliphatic rings. The first-order chi connectivity index (χ1) is 12.6. The highest BCUT2D eigenvalue weighted by Crippen LogP contribution is 2.25. The molecule has 0 unspecified atom stereocenters. The Morgan fingerprint density at radius 3 is 2.77 bits per heavy atom. The fraction of sp³-hybridized carbons (Fsp3) is 0.389. The number of nitrogens with zero attached hydrogens (tertiary/aromatic N) is 1. The van der Waals surface area contributed by atoms with E-state index in [2.05, 4.69) is 31.5 Å². The molecule has 26 heavy (non-hydrogen) atoms. The molecule has 6 nitrogen and oxygen atoms in total. The van der Waals surface area contributed by atoms with E-state index < -0.39 is 0 Å². The zero-order valence-electron chi connectivity index (χ0n) is 14.2. The van der Waals surface area contributed by atoms with Gasteiger partial charge >= 0.3 is 0 Å². The third-order valence-corrected chi connectivity index (χ3v) is 5.74. The minimum atomic E-state index is -0.262. The van der Waals surface area contributed by atoms with Crippen molar-refractivity contribution in [2.45, 2.75) is 38.3 Å². The number of pyridine rings is 1. The number of carbonyl (C=O) groups excluding carboxylic acids is 2. The molecule has 0 spiro atoms. The number of ether oxygens (including phenoxy) is 1. The van der Waals surface area contributed by atoms with Crippen LogP contribution in [-0.4, -0.2) is 29.4 Å². The Morgan fingerprint density at radius 2 is 2.04 bits per heavy atom. The van der Waals surface area contributed by atoms with E-state index in [1.807, 2.05) is 12.1 Å². The van der Waals surface area contributed by atoms with Crippen LogP contribution in [0.5, 0.6) is 5.88 Å². The van der Waals surface area contributed by atoms with Gasteiger partial charge in [-0.05, 0) is 59.8 Å². The van der Waals surface area contributed by atoms with E-state index in [1.54, 1.807) is 18.3 Å². The van der Waals surface area contributed by atoms with Gasteiger partial charge in [0, 0.05) is 18.3 Å². The summed E-state index contributed by atoms with van der Waals surface area (Å²) >= 11 is 4.63. The fourth-order valence-corrected chi connectivity index (χ4v) is 4.07. The second kappa shape index (κ2) is 9.14. The standard InChI is InChI=1S/C18H20BrN3O3S/c19-15-8-7-14(26-15)17(24)22-11-16(23)21-10-12-4-3-9-20-18(12)25-13-5-1-2-6-13/h3-4,7-9,13H,1-2,5-6,10-11H2,(H,21,23)(H,22,24). The van der Waals surface area contributed by atoms with E-state index in [0.717, 1.165) is 22.2 Å². The van der Waals surface area contributed by atoms with Crippen LogP contribution in [0, 0.1) is 0 Å². The molecule has 1 fully saturated rings. The van der Waals surface area contributed by atoms with Crippen molar-refractivity contribution in [1.82, 2.24) is 15.6 Å². The largest absolute Gasteiger partial charge is 0.474 e. The summed E-state index contributed by atoms with van der Waals surface area (Å²) in [5.74, 6) is 0.0549. The Kier molecular flexibility index (Phi) is 6.62. The van der Waals surface area contributed by atoms with E-state index in [-0.39, 0.29) is 24.5 Å². The molecule has 0 aromatic carbocycles. The molecule has 1 aliphatic carbocycles. The third kappa shape index (κ3) is 5.28. The molecule has 2 aromatic heterocycles. The lowest BCUT2D eigenvalue weighted by Crippen LogP contribution is -2.36. The van der Waals surface area contributed by atoms with Crippen molar-refractivity contribution in [2.75, 3.05) is 6.54 Å². The number of amides is 2. The first kappa shape index (κ1) is 18.8. The van der Waals surface area contributed by atoms with Crippen LogP contribution in [-0.2, 0) is 11.3 Å². The molecule has 0 atom stereocenters.